The molecule has 142 valence electrons. The lowest BCUT2D eigenvalue weighted by Crippen LogP contribution is -2.40. The number of fused-ring (bicyclic) bond motifs is 1. The van der Waals surface area contributed by atoms with Crippen LogP contribution in [0.3, 0.4) is 0 Å². The highest BCUT2D eigenvalue weighted by Gasteiger charge is 2.28. The third-order valence-corrected chi connectivity index (χ3v) is 4.03. The summed E-state index contributed by atoms with van der Waals surface area (Å²) in [6.45, 7) is 6.34. The summed E-state index contributed by atoms with van der Waals surface area (Å²) in [7, 11) is 0. The van der Waals surface area contributed by atoms with E-state index in [9.17, 15) is 9.59 Å². The molecular weight excluding hydrogens is 348 g/mol. The van der Waals surface area contributed by atoms with E-state index in [1.165, 1.54) is 12.4 Å². The normalized spacial score (nSPS) is 13.7. The maximum absolute atomic E-state index is 12.3. The zero-order chi connectivity index (χ0) is 19.6. The van der Waals surface area contributed by atoms with Gasteiger partial charge in [0.1, 0.15) is 17.7 Å². The summed E-state index contributed by atoms with van der Waals surface area (Å²) >= 11 is 0. The van der Waals surface area contributed by atoms with Crippen LogP contribution in [0, 0.1) is 0 Å². The van der Waals surface area contributed by atoms with E-state index in [0.717, 1.165) is 11.3 Å². The lowest BCUT2D eigenvalue weighted by molar-refractivity contribution is 0.0220. The van der Waals surface area contributed by atoms with Gasteiger partial charge in [0.2, 0.25) is 0 Å². The van der Waals surface area contributed by atoms with E-state index in [1.807, 2.05) is 20.8 Å². The first-order chi connectivity index (χ1) is 12.7. The molecule has 0 radical (unpaired) electrons. The number of nitrogens with one attached hydrogen (secondary N) is 1. The molecule has 0 saturated carbocycles. The SMILES string of the molecule is CC(C)(C)OC(=O)N1CCc2c(ncnc2Nc2cccc(C(=O)O)c2)C1. The second-order valence-corrected chi connectivity index (χ2v) is 7.31. The molecule has 0 bridgehead atoms. The van der Waals surface area contributed by atoms with Crippen molar-refractivity contribution < 1.29 is 19.4 Å². The Balaban J connectivity index is 1.78. The van der Waals surface area contributed by atoms with Crippen molar-refractivity contribution in [2.45, 2.75) is 39.3 Å². The van der Waals surface area contributed by atoms with E-state index in [2.05, 4.69) is 15.3 Å². The molecule has 1 aromatic heterocycles. The molecule has 3 rings (SSSR count). The van der Waals surface area contributed by atoms with Crippen molar-refractivity contribution in [2.24, 2.45) is 0 Å². The number of rotatable bonds is 3. The van der Waals surface area contributed by atoms with Crippen LogP contribution in [-0.2, 0) is 17.7 Å². The Hall–Kier alpha value is -3.16. The Morgan fingerprint density at radius 3 is 2.74 bits per heavy atom. The molecule has 8 nitrogen and oxygen atoms in total. The monoisotopic (exact) mass is 370 g/mol. The molecular formula is C19H22N4O4. The Kier molecular flexibility index (Phi) is 4.98. The van der Waals surface area contributed by atoms with Gasteiger partial charge in [0, 0.05) is 17.8 Å². The van der Waals surface area contributed by atoms with Crippen LogP contribution >= 0.6 is 0 Å². The molecule has 1 aliphatic rings. The molecule has 2 N–H and O–H groups in total. The maximum atomic E-state index is 12.3. The summed E-state index contributed by atoms with van der Waals surface area (Å²) < 4.78 is 5.43. The number of benzene rings is 1. The number of carbonyl (C=O) groups excluding carboxylic acids is 1. The standard InChI is InChI=1S/C19H22N4O4/c1-19(2,3)27-18(26)23-8-7-14-15(10-23)20-11-21-16(14)22-13-6-4-5-12(9-13)17(24)25/h4-6,9,11H,7-8,10H2,1-3H3,(H,24,25)(H,20,21,22). The minimum atomic E-state index is -0.989. The van der Waals surface area contributed by atoms with E-state index in [0.29, 0.717) is 31.0 Å². The number of hydrogen-bond acceptors (Lipinski definition) is 6. The topological polar surface area (TPSA) is 105 Å². The van der Waals surface area contributed by atoms with Gasteiger partial charge in [0.05, 0.1) is 17.8 Å². The highest BCUT2D eigenvalue weighted by atomic mass is 16.6. The molecule has 1 aliphatic heterocycles. The average molecular weight is 370 g/mol. The quantitative estimate of drug-likeness (QED) is 0.855. The second kappa shape index (κ2) is 7.22. The van der Waals surface area contributed by atoms with Gasteiger partial charge in [-0.05, 0) is 45.4 Å². The van der Waals surface area contributed by atoms with Crippen molar-refractivity contribution >= 4 is 23.6 Å². The summed E-state index contributed by atoms with van der Waals surface area (Å²) in [6.07, 6.45) is 1.65. The third kappa shape index (κ3) is 4.52. The minimum absolute atomic E-state index is 0.194. The largest absolute Gasteiger partial charge is 0.478 e. The predicted molar refractivity (Wildman–Crippen MR) is 99.1 cm³/mol. The van der Waals surface area contributed by atoms with Crippen molar-refractivity contribution in [3.8, 4) is 0 Å². The van der Waals surface area contributed by atoms with Crippen LogP contribution < -0.4 is 5.32 Å². The van der Waals surface area contributed by atoms with Crippen molar-refractivity contribution in [1.82, 2.24) is 14.9 Å². The lowest BCUT2D eigenvalue weighted by Gasteiger charge is -2.31. The van der Waals surface area contributed by atoms with Crippen molar-refractivity contribution in [3.05, 3.63) is 47.4 Å². The summed E-state index contributed by atoms with van der Waals surface area (Å²) in [5.41, 5.74) is 1.94. The molecule has 0 atom stereocenters. The van der Waals surface area contributed by atoms with Crippen LogP contribution in [0.4, 0.5) is 16.3 Å². The van der Waals surface area contributed by atoms with Crippen LogP contribution in [0.5, 0.6) is 0 Å². The number of hydrogen-bond donors (Lipinski definition) is 2. The number of aromatic nitrogens is 2. The number of nitrogens with zero attached hydrogens (tertiary/aromatic N) is 3. The highest BCUT2D eigenvalue weighted by Crippen LogP contribution is 2.26. The minimum Gasteiger partial charge on any atom is -0.478 e. The summed E-state index contributed by atoms with van der Waals surface area (Å²) in [5.74, 6) is -0.372. The van der Waals surface area contributed by atoms with Gasteiger partial charge in [0.25, 0.3) is 0 Å². The maximum Gasteiger partial charge on any atom is 0.410 e. The highest BCUT2D eigenvalue weighted by molar-refractivity contribution is 5.89. The molecule has 1 aromatic carbocycles. The van der Waals surface area contributed by atoms with Gasteiger partial charge >= 0.3 is 12.1 Å². The van der Waals surface area contributed by atoms with Gasteiger partial charge in [-0.2, -0.15) is 0 Å². The van der Waals surface area contributed by atoms with E-state index in [1.54, 1.807) is 23.1 Å². The molecule has 8 heteroatoms. The Labute approximate surface area is 157 Å². The van der Waals surface area contributed by atoms with Gasteiger partial charge < -0.3 is 20.1 Å². The Bertz CT molecular complexity index is 876. The zero-order valence-corrected chi connectivity index (χ0v) is 15.5. The average Bonchev–Trinajstić information content (AvgIpc) is 2.60. The fraction of sp³-hybridized carbons (Fsp3) is 0.368. The molecule has 0 spiro atoms. The van der Waals surface area contributed by atoms with E-state index in [-0.39, 0.29) is 11.7 Å². The number of carboxylic acid groups (broad SMARTS) is 1. The lowest BCUT2D eigenvalue weighted by atomic mass is 10.1. The van der Waals surface area contributed by atoms with Crippen LogP contribution in [0.25, 0.3) is 0 Å². The second-order valence-electron chi connectivity index (χ2n) is 7.31. The molecule has 2 aromatic rings. The van der Waals surface area contributed by atoms with Gasteiger partial charge in [0.15, 0.2) is 0 Å². The number of anilines is 2. The molecule has 0 fully saturated rings. The van der Waals surface area contributed by atoms with Crippen LogP contribution in [-0.4, -0.2) is 44.2 Å². The number of ether oxygens (including phenoxy) is 1. The first-order valence-electron chi connectivity index (χ1n) is 8.64. The molecule has 0 saturated heterocycles. The van der Waals surface area contributed by atoms with Crippen molar-refractivity contribution in [1.29, 1.82) is 0 Å². The van der Waals surface area contributed by atoms with Crippen LogP contribution in [0.2, 0.25) is 0 Å². The smallest absolute Gasteiger partial charge is 0.410 e. The van der Waals surface area contributed by atoms with Gasteiger partial charge in [-0.3, -0.25) is 0 Å². The van der Waals surface area contributed by atoms with Crippen molar-refractivity contribution in [2.75, 3.05) is 11.9 Å². The van der Waals surface area contributed by atoms with E-state index >= 15 is 0 Å². The Morgan fingerprint density at radius 2 is 2.04 bits per heavy atom. The molecule has 27 heavy (non-hydrogen) atoms. The van der Waals surface area contributed by atoms with E-state index in [4.69, 9.17) is 9.84 Å². The Morgan fingerprint density at radius 1 is 1.26 bits per heavy atom. The molecule has 0 aliphatic carbocycles. The first kappa shape index (κ1) is 18.6. The summed E-state index contributed by atoms with van der Waals surface area (Å²) in [5, 5.41) is 12.3. The van der Waals surface area contributed by atoms with Crippen LogP contribution in [0.15, 0.2) is 30.6 Å². The fourth-order valence-corrected chi connectivity index (χ4v) is 2.81. The van der Waals surface area contributed by atoms with Crippen molar-refractivity contribution in [3.63, 3.8) is 0 Å². The summed E-state index contributed by atoms with van der Waals surface area (Å²) in [4.78, 5) is 33.6. The van der Waals surface area contributed by atoms with E-state index < -0.39 is 11.6 Å². The fourth-order valence-electron chi connectivity index (χ4n) is 2.81. The zero-order valence-electron chi connectivity index (χ0n) is 15.5. The van der Waals surface area contributed by atoms with Gasteiger partial charge in [-0.15, -0.1) is 0 Å². The number of amides is 1. The third-order valence-electron chi connectivity index (χ3n) is 4.03. The number of carboxylic acids is 1. The molecule has 1 amide bonds. The molecule has 0 unspecified atom stereocenters. The first-order valence-corrected chi connectivity index (χ1v) is 8.64. The molecule has 2 heterocycles. The number of carbonyl (C=O) groups is 2. The number of aromatic carboxylic acids is 1. The van der Waals surface area contributed by atoms with Gasteiger partial charge in [-0.25, -0.2) is 19.6 Å². The summed E-state index contributed by atoms with van der Waals surface area (Å²) in [6, 6.07) is 6.52. The van der Waals surface area contributed by atoms with Crippen LogP contribution in [0.1, 0.15) is 42.4 Å². The predicted octanol–water partition coefficient (Wildman–Crippen LogP) is 3.21. The van der Waals surface area contributed by atoms with Gasteiger partial charge in [-0.1, -0.05) is 6.07 Å².